The van der Waals surface area contributed by atoms with Crippen LogP contribution in [0.15, 0.2) is 60.3 Å². The van der Waals surface area contributed by atoms with Gasteiger partial charge in [-0.15, -0.1) is 0 Å². The first-order valence-corrected chi connectivity index (χ1v) is 10.0. The monoisotopic (exact) mass is 385 g/mol. The van der Waals surface area contributed by atoms with Gasteiger partial charge in [0.2, 0.25) is 0 Å². The average Bonchev–Trinajstić information content (AvgIpc) is 3.16. The molecule has 0 radical (unpaired) electrons. The van der Waals surface area contributed by atoms with Gasteiger partial charge in [0.1, 0.15) is 18.5 Å². The largest absolute Gasteiger partial charge is 0.399 e. The first-order chi connectivity index (χ1) is 14.3. The van der Waals surface area contributed by atoms with E-state index < -0.39 is 0 Å². The van der Waals surface area contributed by atoms with Gasteiger partial charge in [-0.2, -0.15) is 5.10 Å². The Morgan fingerprint density at radius 1 is 1.14 bits per heavy atom. The molecule has 3 aromatic rings. The van der Waals surface area contributed by atoms with Crippen molar-refractivity contribution in [3.8, 4) is 0 Å². The maximum atomic E-state index is 5.15. The Morgan fingerprint density at radius 2 is 1.86 bits per heavy atom. The third-order valence-electron chi connectivity index (χ3n) is 6.15. The van der Waals surface area contributed by atoms with Crippen molar-refractivity contribution in [3.05, 3.63) is 83.2 Å². The number of nitrogens with one attached hydrogen (secondary N) is 1. The molecular weight excluding hydrogens is 362 g/mol. The van der Waals surface area contributed by atoms with Crippen LogP contribution >= 0.6 is 0 Å². The van der Waals surface area contributed by atoms with Crippen LogP contribution in [-0.4, -0.2) is 33.0 Å². The van der Waals surface area contributed by atoms with Gasteiger partial charge in [0.05, 0.1) is 0 Å². The van der Waals surface area contributed by atoms with E-state index in [-0.39, 0.29) is 5.41 Å². The van der Waals surface area contributed by atoms with E-state index in [9.17, 15) is 0 Å². The van der Waals surface area contributed by atoms with Crippen molar-refractivity contribution >= 4 is 11.8 Å². The standard InChI is InChI=1S/C23H23N5O/c1-29-28-21(16-5-2-6-16)22-19-9-10-23(13-20(19)26-27-22,17-7-3-11-24-14-17)18-8-4-12-25-15-18/h3-4,7-12,14-16H,2,5-6,13H2,1H3,(H,26,27). The predicted molar refractivity (Wildman–Crippen MR) is 111 cm³/mol. The molecule has 6 heteroatoms. The van der Waals surface area contributed by atoms with Crippen molar-refractivity contribution in [1.29, 1.82) is 0 Å². The van der Waals surface area contributed by atoms with E-state index in [0.717, 1.165) is 53.1 Å². The lowest BCUT2D eigenvalue weighted by atomic mass is 9.69. The van der Waals surface area contributed by atoms with Crippen LogP contribution in [0.2, 0.25) is 0 Å². The molecule has 1 fully saturated rings. The maximum Gasteiger partial charge on any atom is 0.117 e. The molecule has 0 atom stereocenters. The molecule has 1 saturated carbocycles. The van der Waals surface area contributed by atoms with Crippen LogP contribution in [0.1, 0.15) is 47.3 Å². The maximum absolute atomic E-state index is 5.15. The average molecular weight is 385 g/mol. The van der Waals surface area contributed by atoms with E-state index in [1.165, 1.54) is 6.42 Å². The van der Waals surface area contributed by atoms with Crippen LogP contribution in [0.5, 0.6) is 0 Å². The van der Waals surface area contributed by atoms with E-state index in [1.807, 2.05) is 24.5 Å². The summed E-state index contributed by atoms with van der Waals surface area (Å²) in [5.41, 5.74) is 6.00. The van der Waals surface area contributed by atoms with Gasteiger partial charge in [-0.05, 0) is 36.1 Å². The van der Waals surface area contributed by atoms with Crippen molar-refractivity contribution in [2.24, 2.45) is 11.1 Å². The van der Waals surface area contributed by atoms with Crippen LogP contribution in [0.4, 0.5) is 0 Å². The number of allylic oxidation sites excluding steroid dienone is 1. The summed E-state index contributed by atoms with van der Waals surface area (Å²) in [6.45, 7) is 0. The highest BCUT2D eigenvalue weighted by molar-refractivity contribution is 6.04. The number of hydrogen-bond acceptors (Lipinski definition) is 5. The zero-order valence-corrected chi connectivity index (χ0v) is 16.4. The van der Waals surface area contributed by atoms with Gasteiger partial charge < -0.3 is 4.84 Å². The molecule has 3 aromatic heterocycles. The molecule has 3 heterocycles. The SMILES string of the molecule is CON=C(c1n[nH]c2c1C=CC(c1cccnc1)(c1cccnc1)C2)C1CCC1. The van der Waals surface area contributed by atoms with Gasteiger partial charge in [0.15, 0.2) is 0 Å². The van der Waals surface area contributed by atoms with Crippen molar-refractivity contribution < 1.29 is 4.84 Å². The van der Waals surface area contributed by atoms with Crippen LogP contribution in [-0.2, 0) is 16.7 Å². The quantitative estimate of drug-likeness (QED) is 0.534. The molecule has 0 unspecified atom stereocenters. The van der Waals surface area contributed by atoms with Crippen LogP contribution < -0.4 is 0 Å². The van der Waals surface area contributed by atoms with Crippen molar-refractivity contribution in [3.63, 3.8) is 0 Å². The minimum Gasteiger partial charge on any atom is -0.399 e. The van der Waals surface area contributed by atoms with E-state index in [0.29, 0.717) is 5.92 Å². The molecule has 1 N–H and O–H groups in total. The minimum atomic E-state index is -0.339. The summed E-state index contributed by atoms with van der Waals surface area (Å²) in [5.74, 6) is 0.430. The molecule has 0 amide bonds. The smallest absolute Gasteiger partial charge is 0.117 e. The number of hydrogen-bond donors (Lipinski definition) is 1. The second-order valence-corrected chi connectivity index (χ2v) is 7.72. The molecule has 5 rings (SSSR count). The fourth-order valence-electron chi connectivity index (χ4n) is 4.37. The number of fused-ring (bicyclic) bond motifs is 1. The lowest BCUT2D eigenvalue weighted by molar-refractivity contribution is 0.208. The number of nitrogens with zero attached hydrogens (tertiary/aromatic N) is 4. The highest BCUT2D eigenvalue weighted by Crippen LogP contribution is 2.42. The molecule has 2 aliphatic rings. The molecule has 0 spiro atoms. The Morgan fingerprint density at radius 3 is 2.41 bits per heavy atom. The second kappa shape index (κ2) is 7.28. The molecular formula is C23H23N5O. The normalized spacial score (nSPS) is 18.2. The van der Waals surface area contributed by atoms with Gasteiger partial charge in [0.25, 0.3) is 0 Å². The molecule has 0 aromatic carbocycles. The Balaban J connectivity index is 1.60. The fraction of sp³-hybridized carbons (Fsp3) is 0.304. The third kappa shape index (κ3) is 2.95. The summed E-state index contributed by atoms with van der Waals surface area (Å²) in [4.78, 5) is 13.9. The van der Waals surface area contributed by atoms with Crippen molar-refractivity contribution in [1.82, 2.24) is 20.2 Å². The molecule has 0 saturated heterocycles. The summed E-state index contributed by atoms with van der Waals surface area (Å²) >= 11 is 0. The van der Waals surface area contributed by atoms with Gasteiger partial charge in [-0.25, -0.2) is 0 Å². The Labute approximate surface area is 169 Å². The third-order valence-corrected chi connectivity index (χ3v) is 6.15. The van der Waals surface area contributed by atoms with E-state index in [2.05, 4.69) is 49.6 Å². The molecule has 0 bridgehead atoms. The summed E-state index contributed by atoms with van der Waals surface area (Å²) in [5, 5.41) is 12.3. The summed E-state index contributed by atoms with van der Waals surface area (Å²) in [6, 6.07) is 8.21. The van der Waals surface area contributed by atoms with Gasteiger partial charge in [-0.3, -0.25) is 15.1 Å². The summed E-state index contributed by atoms with van der Waals surface area (Å²) in [6.07, 6.45) is 16.2. The number of oxime groups is 1. The van der Waals surface area contributed by atoms with Crippen molar-refractivity contribution in [2.75, 3.05) is 7.11 Å². The Bertz CT molecular complexity index is 1010. The van der Waals surface area contributed by atoms with E-state index in [1.54, 1.807) is 19.5 Å². The number of rotatable bonds is 5. The molecule has 0 aliphatic heterocycles. The van der Waals surface area contributed by atoms with E-state index >= 15 is 0 Å². The van der Waals surface area contributed by atoms with Gasteiger partial charge in [0, 0.05) is 53.8 Å². The lowest BCUT2D eigenvalue weighted by Crippen LogP contribution is -2.31. The second-order valence-electron chi connectivity index (χ2n) is 7.72. The number of H-pyrrole nitrogens is 1. The van der Waals surface area contributed by atoms with Gasteiger partial charge in [-0.1, -0.05) is 35.9 Å². The highest BCUT2D eigenvalue weighted by atomic mass is 16.6. The highest BCUT2D eigenvalue weighted by Gasteiger charge is 2.38. The predicted octanol–water partition coefficient (Wildman–Crippen LogP) is 3.91. The topological polar surface area (TPSA) is 76.1 Å². The van der Waals surface area contributed by atoms with Crippen molar-refractivity contribution in [2.45, 2.75) is 31.1 Å². The summed E-state index contributed by atoms with van der Waals surface area (Å²) in [7, 11) is 1.60. The first-order valence-electron chi connectivity index (χ1n) is 10.0. The molecule has 6 nitrogen and oxygen atoms in total. The number of pyridine rings is 2. The van der Waals surface area contributed by atoms with E-state index in [4.69, 9.17) is 4.84 Å². The Hall–Kier alpha value is -3.28. The summed E-state index contributed by atoms with van der Waals surface area (Å²) < 4.78 is 0. The van der Waals surface area contributed by atoms with Gasteiger partial charge >= 0.3 is 0 Å². The zero-order chi connectivity index (χ0) is 19.7. The number of aromatic nitrogens is 4. The minimum absolute atomic E-state index is 0.339. The fourth-order valence-corrected chi connectivity index (χ4v) is 4.37. The molecule has 2 aliphatic carbocycles. The van der Waals surface area contributed by atoms with Crippen LogP contribution in [0, 0.1) is 5.92 Å². The molecule has 146 valence electrons. The molecule has 29 heavy (non-hydrogen) atoms. The number of aromatic amines is 1. The lowest BCUT2D eigenvalue weighted by Gasteiger charge is -2.34. The van der Waals surface area contributed by atoms with Crippen LogP contribution in [0.3, 0.4) is 0 Å². The first kappa shape index (κ1) is 17.8. The zero-order valence-electron chi connectivity index (χ0n) is 16.4. The van der Waals surface area contributed by atoms with Crippen LogP contribution in [0.25, 0.3) is 6.08 Å². The Kier molecular flexibility index (Phi) is 4.46.